The van der Waals surface area contributed by atoms with Crippen LogP contribution < -0.4 is 5.32 Å². The highest BCUT2D eigenvalue weighted by Crippen LogP contribution is 2.23. The molecule has 1 heterocycles. The van der Waals surface area contributed by atoms with Crippen molar-refractivity contribution >= 4 is 0 Å². The van der Waals surface area contributed by atoms with E-state index in [4.69, 9.17) is 9.68 Å². The highest BCUT2D eigenvalue weighted by atomic mass is 16.3. The monoisotopic (exact) mass is 192 g/mol. The maximum atomic E-state index is 8.40. The van der Waals surface area contributed by atoms with Gasteiger partial charge >= 0.3 is 0 Å². The third kappa shape index (κ3) is 2.61. The van der Waals surface area contributed by atoms with Gasteiger partial charge in [0.05, 0.1) is 12.6 Å². The first-order valence-electron chi connectivity index (χ1n) is 4.71. The first-order valence-corrected chi connectivity index (χ1v) is 4.71. The van der Waals surface area contributed by atoms with Gasteiger partial charge in [-0.2, -0.15) is 5.26 Å². The largest absolute Gasteiger partial charge is 0.466 e. The van der Waals surface area contributed by atoms with Crippen LogP contribution in [0.5, 0.6) is 0 Å². The molecule has 1 aromatic rings. The van der Waals surface area contributed by atoms with E-state index in [2.05, 4.69) is 25.2 Å². The SMILES string of the molecule is Cc1ccc(C(C)(C)CNCC#N)o1. The zero-order valence-electron chi connectivity index (χ0n) is 8.92. The summed E-state index contributed by atoms with van der Waals surface area (Å²) < 4.78 is 5.56. The van der Waals surface area contributed by atoms with Crippen molar-refractivity contribution < 1.29 is 4.42 Å². The number of rotatable bonds is 4. The van der Waals surface area contributed by atoms with Crippen molar-refractivity contribution in [2.24, 2.45) is 0 Å². The third-order valence-electron chi connectivity index (χ3n) is 2.18. The average Bonchev–Trinajstić information content (AvgIpc) is 2.53. The Bertz CT molecular complexity index is 333. The number of nitrogens with one attached hydrogen (secondary N) is 1. The molecular weight excluding hydrogens is 176 g/mol. The Kier molecular flexibility index (Phi) is 3.32. The molecule has 0 atom stereocenters. The van der Waals surface area contributed by atoms with Gasteiger partial charge in [-0.05, 0) is 19.1 Å². The third-order valence-corrected chi connectivity index (χ3v) is 2.18. The molecule has 1 aromatic heterocycles. The van der Waals surface area contributed by atoms with Crippen LogP contribution in [-0.4, -0.2) is 13.1 Å². The molecule has 0 aliphatic rings. The second-order valence-corrected chi connectivity index (χ2v) is 4.06. The summed E-state index contributed by atoms with van der Waals surface area (Å²) in [5, 5.41) is 11.5. The molecular formula is C11H16N2O. The molecule has 0 bridgehead atoms. The Morgan fingerprint density at radius 3 is 2.71 bits per heavy atom. The minimum absolute atomic E-state index is 0.0644. The number of hydrogen-bond acceptors (Lipinski definition) is 3. The zero-order chi connectivity index (χ0) is 10.6. The Morgan fingerprint density at radius 2 is 2.21 bits per heavy atom. The fourth-order valence-corrected chi connectivity index (χ4v) is 1.32. The Hall–Kier alpha value is -1.27. The van der Waals surface area contributed by atoms with Crippen molar-refractivity contribution in [2.75, 3.05) is 13.1 Å². The van der Waals surface area contributed by atoms with Gasteiger partial charge in [0.2, 0.25) is 0 Å². The van der Waals surface area contributed by atoms with Crippen molar-refractivity contribution in [1.82, 2.24) is 5.32 Å². The van der Waals surface area contributed by atoms with Crippen molar-refractivity contribution in [1.29, 1.82) is 5.26 Å². The minimum atomic E-state index is -0.0644. The maximum absolute atomic E-state index is 8.40. The van der Waals surface area contributed by atoms with Crippen LogP contribution >= 0.6 is 0 Å². The molecule has 1 rings (SSSR count). The van der Waals surface area contributed by atoms with E-state index in [0.717, 1.165) is 18.1 Å². The van der Waals surface area contributed by atoms with E-state index in [-0.39, 0.29) is 5.41 Å². The molecule has 0 saturated heterocycles. The van der Waals surface area contributed by atoms with Gasteiger partial charge in [0.1, 0.15) is 11.5 Å². The molecule has 0 aromatic carbocycles. The normalized spacial score (nSPS) is 11.3. The van der Waals surface area contributed by atoms with Crippen LogP contribution in [0.25, 0.3) is 0 Å². The van der Waals surface area contributed by atoms with Gasteiger partial charge < -0.3 is 9.73 Å². The van der Waals surface area contributed by atoms with E-state index in [1.807, 2.05) is 19.1 Å². The highest BCUT2D eigenvalue weighted by molar-refractivity contribution is 5.15. The van der Waals surface area contributed by atoms with Crippen LogP contribution in [0.1, 0.15) is 25.4 Å². The van der Waals surface area contributed by atoms with Crippen LogP contribution in [0.15, 0.2) is 16.5 Å². The van der Waals surface area contributed by atoms with Crippen LogP contribution in [0, 0.1) is 18.3 Å². The molecule has 0 saturated carbocycles. The minimum Gasteiger partial charge on any atom is -0.466 e. The molecule has 0 aliphatic heterocycles. The number of aryl methyl sites for hydroxylation is 1. The predicted molar refractivity (Wildman–Crippen MR) is 55.0 cm³/mol. The molecule has 1 N–H and O–H groups in total. The van der Waals surface area contributed by atoms with Gasteiger partial charge in [0.25, 0.3) is 0 Å². The van der Waals surface area contributed by atoms with Gasteiger partial charge in [-0.15, -0.1) is 0 Å². The molecule has 0 spiro atoms. The predicted octanol–water partition coefficient (Wildman–Crippen LogP) is 1.98. The van der Waals surface area contributed by atoms with Crippen molar-refractivity contribution in [2.45, 2.75) is 26.2 Å². The standard InChI is InChI=1S/C11H16N2O/c1-9-4-5-10(14-9)11(2,3)8-13-7-6-12/h4-5,13H,7-8H2,1-3H3. The summed E-state index contributed by atoms with van der Waals surface area (Å²) in [6.45, 7) is 7.24. The van der Waals surface area contributed by atoms with E-state index in [9.17, 15) is 0 Å². The number of nitriles is 1. The lowest BCUT2D eigenvalue weighted by molar-refractivity contribution is 0.362. The van der Waals surface area contributed by atoms with Gasteiger partial charge in [-0.1, -0.05) is 13.8 Å². The molecule has 0 unspecified atom stereocenters. The van der Waals surface area contributed by atoms with E-state index >= 15 is 0 Å². The number of hydrogen-bond donors (Lipinski definition) is 1. The Labute approximate surface area is 84.7 Å². The Balaban J connectivity index is 2.61. The maximum Gasteiger partial charge on any atom is 0.111 e. The molecule has 0 fully saturated rings. The second-order valence-electron chi connectivity index (χ2n) is 4.06. The van der Waals surface area contributed by atoms with Gasteiger partial charge in [-0.3, -0.25) is 0 Å². The number of nitrogens with zero attached hydrogens (tertiary/aromatic N) is 1. The van der Waals surface area contributed by atoms with Crippen LogP contribution in [0.2, 0.25) is 0 Å². The topological polar surface area (TPSA) is 49.0 Å². The lowest BCUT2D eigenvalue weighted by atomic mass is 9.90. The zero-order valence-corrected chi connectivity index (χ0v) is 8.92. The summed E-state index contributed by atoms with van der Waals surface area (Å²) in [5.74, 6) is 1.88. The summed E-state index contributed by atoms with van der Waals surface area (Å²) in [4.78, 5) is 0. The molecule has 3 nitrogen and oxygen atoms in total. The Morgan fingerprint density at radius 1 is 1.50 bits per heavy atom. The molecule has 76 valence electrons. The average molecular weight is 192 g/mol. The molecule has 14 heavy (non-hydrogen) atoms. The fourth-order valence-electron chi connectivity index (χ4n) is 1.32. The van der Waals surface area contributed by atoms with Crippen LogP contribution in [0.4, 0.5) is 0 Å². The first-order chi connectivity index (χ1) is 6.56. The number of furan rings is 1. The van der Waals surface area contributed by atoms with E-state index < -0.39 is 0 Å². The lowest BCUT2D eigenvalue weighted by Crippen LogP contribution is -2.32. The summed E-state index contributed by atoms with van der Waals surface area (Å²) in [6, 6.07) is 6.00. The summed E-state index contributed by atoms with van der Waals surface area (Å²) in [6.07, 6.45) is 0. The van der Waals surface area contributed by atoms with Gasteiger partial charge in [-0.25, -0.2) is 0 Å². The molecule has 3 heteroatoms. The van der Waals surface area contributed by atoms with Crippen LogP contribution in [0.3, 0.4) is 0 Å². The highest BCUT2D eigenvalue weighted by Gasteiger charge is 2.23. The lowest BCUT2D eigenvalue weighted by Gasteiger charge is -2.21. The first kappa shape index (κ1) is 10.8. The molecule has 0 radical (unpaired) electrons. The van der Waals surface area contributed by atoms with E-state index in [1.165, 1.54) is 0 Å². The van der Waals surface area contributed by atoms with Crippen molar-refractivity contribution in [3.05, 3.63) is 23.7 Å². The smallest absolute Gasteiger partial charge is 0.111 e. The van der Waals surface area contributed by atoms with E-state index in [1.54, 1.807) is 0 Å². The van der Waals surface area contributed by atoms with Crippen molar-refractivity contribution in [3.63, 3.8) is 0 Å². The molecule has 0 aliphatic carbocycles. The van der Waals surface area contributed by atoms with Crippen molar-refractivity contribution in [3.8, 4) is 6.07 Å². The fraction of sp³-hybridized carbons (Fsp3) is 0.545. The summed E-state index contributed by atoms with van der Waals surface area (Å²) in [7, 11) is 0. The second kappa shape index (κ2) is 4.30. The van der Waals surface area contributed by atoms with E-state index in [0.29, 0.717) is 6.54 Å². The van der Waals surface area contributed by atoms with Crippen LogP contribution in [-0.2, 0) is 5.41 Å². The van der Waals surface area contributed by atoms with Gasteiger partial charge in [0, 0.05) is 12.0 Å². The van der Waals surface area contributed by atoms with Gasteiger partial charge in [0.15, 0.2) is 0 Å². The molecule has 0 amide bonds. The quantitative estimate of drug-likeness (QED) is 0.586. The summed E-state index contributed by atoms with van der Waals surface area (Å²) >= 11 is 0. The summed E-state index contributed by atoms with van der Waals surface area (Å²) in [5.41, 5.74) is -0.0644.